The molecule has 0 aromatic heterocycles. The van der Waals surface area contributed by atoms with Crippen LogP contribution in [0.15, 0.2) is 17.0 Å². The highest BCUT2D eigenvalue weighted by Gasteiger charge is 2.34. The fraction of sp³-hybridized carbons (Fsp3) is 0.579. The number of amides is 2. The Balaban J connectivity index is 1.76. The third-order valence-corrected chi connectivity index (χ3v) is 6.76. The van der Waals surface area contributed by atoms with Crippen LogP contribution in [0, 0.1) is 6.92 Å². The largest absolute Gasteiger partial charge is 0.479 e. The van der Waals surface area contributed by atoms with Crippen LogP contribution in [0.3, 0.4) is 0 Å². The summed E-state index contributed by atoms with van der Waals surface area (Å²) in [5.41, 5.74) is 0.365. The molecule has 1 atom stereocenters. The molecular formula is C19H27N3O6S. The lowest BCUT2D eigenvalue weighted by atomic mass is 10.1. The SMILES string of the molecule is Cc1cc2c(cc1S(=O)(=O)N1CCN(C(=O)OC(C)(C)C)CC1)O[C@@H](C)C(=O)N2. The Labute approximate surface area is 171 Å². The van der Waals surface area contributed by atoms with Gasteiger partial charge in [-0.3, -0.25) is 4.79 Å². The van der Waals surface area contributed by atoms with Crippen molar-refractivity contribution in [3.63, 3.8) is 0 Å². The van der Waals surface area contributed by atoms with E-state index in [1.807, 2.05) is 0 Å². The van der Waals surface area contributed by atoms with E-state index in [1.165, 1.54) is 15.3 Å². The average Bonchev–Trinajstić information content (AvgIpc) is 2.61. The summed E-state index contributed by atoms with van der Waals surface area (Å²) in [7, 11) is -3.78. The molecule has 2 heterocycles. The summed E-state index contributed by atoms with van der Waals surface area (Å²) in [6, 6.07) is 3.05. The molecule has 2 amide bonds. The lowest BCUT2D eigenvalue weighted by molar-refractivity contribution is -0.122. The quantitative estimate of drug-likeness (QED) is 0.777. The first-order valence-corrected chi connectivity index (χ1v) is 10.9. The Morgan fingerprint density at radius 1 is 1.21 bits per heavy atom. The number of aryl methyl sites for hydroxylation is 1. The molecule has 0 aliphatic carbocycles. The fourth-order valence-electron chi connectivity index (χ4n) is 3.20. The summed E-state index contributed by atoms with van der Waals surface area (Å²) >= 11 is 0. The molecular weight excluding hydrogens is 398 g/mol. The monoisotopic (exact) mass is 425 g/mol. The number of benzene rings is 1. The summed E-state index contributed by atoms with van der Waals surface area (Å²) < 4.78 is 38.6. The van der Waals surface area contributed by atoms with E-state index in [-0.39, 0.29) is 37.0 Å². The topological polar surface area (TPSA) is 105 Å². The highest BCUT2D eigenvalue weighted by Crippen LogP contribution is 2.35. The minimum Gasteiger partial charge on any atom is -0.479 e. The highest BCUT2D eigenvalue weighted by molar-refractivity contribution is 7.89. The van der Waals surface area contributed by atoms with Crippen LogP contribution in [0.2, 0.25) is 0 Å². The molecule has 1 saturated heterocycles. The van der Waals surface area contributed by atoms with E-state index in [0.717, 1.165) is 0 Å². The van der Waals surface area contributed by atoms with Crippen molar-refractivity contribution in [3.05, 3.63) is 17.7 Å². The normalized spacial score (nSPS) is 20.5. The van der Waals surface area contributed by atoms with Gasteiger partial charge in [0.1, 0.15) is 11.4 Å². The van der Waals surface area contributed by atoms with Gasteiger partial charge in [0.25, 0.3) is 5.91 Å². The Kier molecular flexibility index (Phi) is 5.52. The molecule has 29 heavy (non-hydrogen) atoms. The van der Waals surface area contributed by atoms with E-state index in [4.69, 9.17) is 9.47 Å². The molecule has 9 nitrogen and oxygen atoms in total. The Hall–Kier alpha value is -2.33. The van der Waals surface area contributed by atoms with Gasteiger partial charge < -0.3 is 19.7 Å². The van der Waals surface area contributed by atoms with Gasteiger partial charge in [-0.15, -0.1) is 0 Å². The highest BCUT2D eigenvalue weighted by atomic mass is 32.2. The second-order valence-corrected chi connectivity index (χ2v) is 10.1. The minimum absolute atomic E-state index is 0.130. The van der Waals surface area contributed by atoms with Crippen LogP contribution in [0.25, 0.3) is 0 Å². The van der Waals surface area contributed by atoms with Gasteiger partial charge in [-0.1, -0.05) is 0 Å². The first kappa shape index (κ1) is 21.4. The molecule has 3 rings (SSSR count). The van der Waals surface area contributed by atoms with Crippen molar-refractivity contribution in [2.45, 2.75) is 51.2 Å². The number of nitrogens with one attached hydrogen (secondary N) is 1. The second kappa shape index (κ2) is 7.49. The molecule has 1 aromatic carbocycles. The fourth-order valence-corrected chi connectivity index (χ4v) is 4.84. The van der Waals surface area contributed by atoms with E-state index in [0.29, 0.717) is 17.0 Å². The number of nitrogens with zero attached hydrogens (tertiary/aromatic N) is 2. The number of fused-ring (bicyclic) bond motifs is 1. The zero-order chi connectivity index (χ0) is 21.6. The smallest absolute Gasteiger partial charge is 0.410 e. The molecule has 0 radical (unpaired) electrons. The van der Waals surface area contributed by atoms with Crippen LogP contribution >= 0.6 is 0 Å². The predicted molar refractivity (Wildman–Crippen MR) is 106 cm³/mol. The molecule has 1 N–H and O–H groups in total. The van der Waals surface area contributed by atoms with E-state index in [2.05, 4.69) is 5.32 Å². The molecule has 0 bridgehead atoms. The number of hydrogen-bond acceptors (Lipinski definition) is 6. The van der Waals surface area contributed by atoms with Crippen LogP contribution in [0.5, 0.6) is 5.75 Å². The molecule has 1 aromatic rings. The van der Waals surface area contributed by atoms with Crippen molar-refractivity contribution in [2.24, 2.45) is 0 Å². The predicted octanol–water partition coefficient (Wildman–Crippen LogP) is 1.96. The zero-order valence-electron chi connectivity index (χ0n) is 17.3. The molecule has 0 unspecified atom stereocenters. The van der Waals surface area contributed by atoms with Crippen molar-refractivity contribution in [2.75, 3.05) is 31.5 Å². The van der Waals surface area contributed by atoms with Crippen molar-refractivity contribution in [1.29, 1.82) is 0 Å². The van der Waals surface area contributed by atoms with Gasteiger partial charge in [0.2, 0.25) is 10.0 Å². The van der Waals surface area contributed by atoms with E-state index in [1.54, 1.807) is 40.7 Å². The Morgan fingerprint density at radius 2 is 1.83 bits per heavy atom. The molecule has 1 fully saturated rings. The first-order valence-electron chi connectivity index (χ1n) is 9.49. The molecule has 2 aliphatic heterocycles. The Bertz CT molecular complexity index is 930. The number of hydrogen-bond donors (Lipinski definition) is 1. The van der Waals surface area contributed by atoms with Gasteiger partial charge in [0.15, 0.2) is 6.10 Å². The van der Waals surface area contributed by atoms with Gasteiger partial charge >= 0.3 is 6.09 Å². The van der Waals surface area contributed by atoms with Crippen LogP contribution in [-0.2, 0) is 19.6 Å². The number of sulfonamides is 1. The summed E-state index contributed by atoms with van der Waals surface area (Å²) in [6.45, 7) is 9.49. The number of piperazine rings is 1. The summed E-state index contributed by atoms with van der Waals surface area (Å²) in [5, 5.41) is 2.72. The van der Waals surface area contributed by atoms with E-state index < -0.39 is 27.8 Å². The molecule has 0 saturated carbocycles. The first-order chi connectivity index (χ1) is 13.4. The summed E-state index contributed by atoms with van der Waals surface area (Å²) in [6.07, 6.45) is -1.14. The second-order valence-electron chi connectivity index (χ2n) is 8.23. The average molecular weight is 426 g/mol. The summed E-state index contributed by atoms with van der Waals surface area (Å²) in [5.74, 6) is 0.0550. The van der Waals surface area contributed by atoms with Crippen LogP contribution in [0.1, 0.15) is 33.3 Å². The third kappa shape index (κ3) is 4.48. The van der Waals surface area contributed by atoms with Gasteiger partial charge in [-0.2, -0.15) is 4.31 Å². The summed E-state index contributed by atoms with van der Waals surface area (Å²) in [4.78, 5) is 25.6. The maximum Gasteiger partial charge on any atom is 0.410 e. The zero-order valence-corrected chi connectivity index (χ0v) is 18.1. The maximum absolute atomic E-state index is 13.2. The lowest BCUT2D eigenvalue weighted by Gasteiger charge is -2.35. The van der Waals surface area contributed by atoms with Crippen molar-refractivity contribution < 1.29 is 27.5 Å². The molecule has 2 aliphatic rings. The van der Waals surface area contributed by atoms with Gasteiger partial charge in [0.05, 0.1) is 10.6 Å². The van der Waals surface area contributed by atoms with Gasteiger partial charge in [-0.25, -0.2) is 13.2 Å². The van der Waals surface area contributed by atoms with Crippen LogP contribution in [-0.4, -0.2) is 67.5 Å². The number of rotatable bonds is 2. The molecule has 10 heteroatoms. The number of carbonyl (C=O) groups excluding carboxylic acids is 2. The maximum atomic E-state index is 13.2. The number of ether oxygens (including phenoxy) is 2. The van der Waals surface area contributed by atoms with Crippen LogP contribution in [0.4, 0.5) is 10.5 Å². The van der Waals surface area contributed by atoms with E-state index in [9.17, 15) is 18.0 Å². The minimum atomic E-state index is -3.78. The standard InChI is InChI=1S/C19H27N3O6S/c1-12-10-14-15(27-13(2)17(23)20-14)11-16(12)29(25,26)22-8-6-21(7-9-22)18(24)28-19(3,4)5/h10-11,13H,6-9H2,1-5H3,(H,20,23)/t13-/m0/s1. The van der Waals surface area contributed by atoms with Crippen molar-refractivity contribution >= 4 is 27.7 Å². The lowest BCUT2D eigenvalue weighted by Crippen LogP contribution is -2.51. The Morgan fingerprint density at radius 3 is 2.41 bits per heavy atom. The van der Waals surface area contributed by atoms with Crippen molar-refractivity contribution in [3.8, 4) is 5.75 Å². The number of carbonyl (C=O) groups is 2. The molecule has 0 spiro atoms. The van der Waals surface area contributed by atoms with Crippen molar-refractivity contribution in [1.82, 2.24) is 9.21 Å². The van der Waals surface area contributed by atoms with Gasteiger partial charge in [0, 0.05) is 32.2 Å². The van der Waals surface area contributed by atoms with Crippen LogP contribution < -0.4 is 10.1 Å². The van der Waals surface area contributed by atoms with Gasteiger partial charge in [-0.05, 0) is 46.2 Å². The molecule has 160 valence electrons. The third-order valence-electron chi connectivity index (χ3n) is 4.72. The number of anilines is 1. The van der Waals surface area contributed by atoms with E-state index >= 15 is 0 Å².